The Kier molecular flexibility index (Phi) is 7.80. The van der Waals surface area contributed by atoms with Gasteiger partial charge in [-0.1, -0.05) is 12.1 Å². The molecule has 6 rings (SSSR count). The van der Waals surface area contributed by atoms with Crippen molar-refractivity contribution < 1.29 is 0 Å². The summed E-state index contributed by atoms with van der Waals surface area (Å²) in [5.41, 5.74) is 17.0. The molecule has 1 aromatic carbocycles. The number of benzene rings is 1. The number of rotatable bonds is 8. The highest BCUT2D eigenvalue weighted by Crippen LogP contribution is 2.31. The fourth-order valence-electron chi connectivity index (χ4n) is 5.20. The third-order valence-electron chi connectivity index (χ3n) is 7.33. The fourth-order valence-corrected chi connectivity index (χ4v) is 5.20. The second-order valence-corrected chi connectivity index (χ2v) is 10.5. The first-order valence-electron chi connectivity index (χ1n) is 14.1. The van der Waals surface area contributed by atoms with Gasteiger partial charge in [0.1, 0.15) is 29.0 Å². The zero-order valence-electron chi connectivity index (χ0n) is 23.8. The molecule has 0 amide bonds. The van der Waals surface area contributed by atoms with Gasteiger partial charge in [0.15, 0.2) is 11.5 Å². The highest BCUT2D eigenvalue weighted by atomic mass is 15.2. The predicted molar refractivity (Wildman–Crippen MR) is 167 cm³/mol. The van der Waals surface area contributed by atoms with E-state index in [4.69, 9.17) is 26.7 Å². The van der Waals surface area contributed by atoms with E-state index < -0.39 is 0 Å². The SMILES string of the molecule is C/C(N)=C/Nc1ccc2nc(-c3cccnc3N)n(-c3ccc(CN4CCC(Nc5ccnc(C#N)n5)CC4)cc3)c2n1. The smallest absolute Gasteiger partial charge is 0.234 e. The van der Waals surface area contributed by atoms with E-state index in [-0.39, 0.29) is 5.82 Å². The summed E-state index contributed by atoms with van der Waals surface area (Å²) in [5, 5.41) is 15.6. The van der Waals surface area contributed by atoms with E-state index in [0.29, 0.717) is 40.7 Å². The minimum absolute atomic E-state index is 0.178. The van der Waals surface area contributed by atoms with Crippen LogP contribution in [0.5, 0.6) is 0 Å². The molecule has 0 unspecified atom stereocenters. The van der Waals surface area contributed by atoms with E-state index in [0.717, 1.165) is 49.2 Å². The van der Waals surface area contributed by atoms with E-state index in [1.165, 1.54) is 5.56 Å². The lowest BCUT2D eigenvalue weighted by atomic mass is 10.0. The van der Waals surface area contributed by atoms with Gasteiger partial charge >= 0.3 is 0 Å². The standard InChI is InChI=1S/C31H32N12/c1-20(33)18-37-26-9-8-25-31(41-26)43(30(39-25)24-3-2-13-36-29(24)34)23-6-4-21(5-7-23)19-42-15-11-22(12-16-42)38-27-10-14-35-28(17-32)40-27/h2-10,13-14,18,22H,11-12,15-16,19,33H2,1H3,(H2,34,36)(H,37,41)(H,35,38,40)/b20-18-. The van der Waals surface area contributed by atoms with Crippen molar-refractivity contribution in [1.29, 1.82) is 5.26 Å². The molecular formula is C31H32N12. The van der Waals surface area contributed by atoms with Gasteiger partial charge in [-0.3, -0.25) is 9.47 Å². The van der Waals surface area contributed by atoms with Gasteiger partial charge in [0.25, 0.3) is 0 Å². The number of likely N-dealkylation sites (tertiary alicyclic amines) is 1. The van der Waals surface area contributed by atoms with Gasteiger partial charge in [0.05, 0.1) is 5.56 Å². The summed E-state index contributed by atoms with van der Waals surface area (Å²) in [7, 11) is 0. The molecule has 5 aromatic rings. The number of pyridine rings is 2. The number of piperidine rings is 1. The number of anilines is 3. The zero-order valence-corrected chi connectivity index (χ0v) is 23.8. The Bertz CT molecular complexity index is 1810. The molecule has 1 aliphatic heterocycles. The lowest BCUT2D eigenvalue weighted by Crippen LogP contribution is -2.38. The van der Waals surface area contributed by atoms with Crippen molar-refractivity contribution in [3.63, 3.8) is 0 Å². The molecule has 0 bridgehead atoms. The summed E-state index contributed by atoms with van der Waals surface area (Å²) >= 11 is 0. The Labute approximate surface area is 249 Å². The molecular weight excluding hydrogens is 540 g/mol. The number of fused-ring (bicyclic) bond motifs is 1. The molecule has 1 fully saturated rings. The van der Waals surface area contributed by atoms with Gasteiger partial charge in [-0.15, -0.1) is 0 Å². The van der Waals surface area contributed by atoms with Gasteiger partial charge < -0.3 is 22.1 Å². The van der Waals surface area contributed by atoms with E-state index in [1.807, 2.05) is 41.8 Å². The molecule has 216 valence electrons. The third kappa shape index (κ3) is 6.22. The maximum atomic E-state index is 9.05. The van der Waals surface area contributed by atoms with E-state index in [1.54, 1.807) is 24.7 Å². The number of nitrogen functional groups attached to an aromatic ring is 1. The van der Waals surface area contributed by atoms with Crippen molar-refractivity contribution in [2.24, 2.45) is 5.73 Å². The fraction of sp³-hybridized carbons (Fsp3) is 0.226. The Morgan fingerprint density at radius 2 is 1.81 bits per heavy atom. The Balaban J connectivity index is 1.21. The Morgan fingerprint density at radius 1 is 1.00 bits per heavy atom. The topological polar surface area (TPSA) is 173 Å². The van der Waals surface area contributed by atoms with Crippen LogP contribution >= 0.6 is 0 Å². The van der Waals surface area contributed by atoms with Gasteiger partial charge in [-0.2, -0.15) is 5.26 Å². The highest BCUT2D eigenvalue weighted by Gasteiger charge is 2.21. The van der Waals surface area contributed by atoms with E-state index in [2.05, 4.69) is 54.8 Å². The van der Waals surface area contributed by atoms with Crippen molar-refractivity contribution in [2.45, 2.75) is 32.4 Å². The summed E-state index contributed by atoms with van der Waals surface area (Å²) in [4.78, 5) is 24.7. The van der Waals surface area contributed by atoms with Crippen LogP contribution < -0.4 is 22.1 Å². The number of nitriles is 1. The maximum absolute atomic E-state index is 9.05. The Morgan fingerprint density at radius 3 is 2.56 bits per heavy atom. The van der Waals surface area contributed by atoms with E-state index in [9.17, 15) is 0 Å². The molecule has 12 heteroatoms. The third-order valence-corrected chi connectivity index (χ3v) is 7.33. The molecule has 43 heavy (non-hydrogen) atoms. The highest BCUT2D eigenvalue weighted by molar-refractivity contribution is 5.83. The molecule has 1 aliphatic rings. The minimum atomic E-state index is 0.178. The summed E-state index contributed by atoms with van der Waals surface area (Å²) in [6.07, 6.45) is 6.97. The van der Waals surface area contributed by atoms with E-state index >= 15 is 0 Å². The van der Waals surface area contributed by atoms with Crippen molar-refractivity contribution in [1.82, 2.24) is 34.4 Å². The van der Waals surface area contributed by atoms with Crippen LogP contribution in [0.15, 0.2) is 78.9 Å². The number of imidazole rings is 1. The summed E-state index contributed by atoms with van der Waals surface area (Å²) < 4.78 is 2.01. The van der Waals surface area contributed by atoms with Gasteiger partial charge in [0, 0.05) is 55.7 Å². The van der Waals surface area contributed by atoms with Gasteiger partial charge in [0.2, 0.25) is 5.82 Å². The normalized spacial score (nSPS) is 14.5. The van der Waals surface area contributed by atoms with Crippen LogP contribution in [0.1, 0.15) is 31.2 Å². The number of allylic oxidation sites excluding steroid dienone is 1. The number of nitrogens with one attached hydrogen (secondary N) is 2. The van der Waals surface area contributed by atoms with Crippen LogP contribution in [0.25, 0.3) is 28.2 Å². The molecule has 5 heterocycles. The second-order valence-electron chi connectivity index (χ2n) is 10.5. The lowest BCUT2D eigenvalue weighted by Gasteiger charge is -2.32. The second kappa shape index (κ2) is 12.1. The Hall–Kier alpha value is -5.54. The van der Waals surface area contributed by atoms with Crippen LogP contribution in [-0.4, -0.2) is 53.5 Å². The first-order valence-corrected chi connectivity index (χ1v) is 14.1. The molecule has 0 radical (unpaired) electrons. The van der Waals surface area contributed by atoms with Crippen LogP contribution in [0, 0.1) is 11.3 Å². The van der Waals surface area contributed by atoms with Gasteiger partial charge in [-0.05, 0) is 67.8 Å². The summed E-state index contributed by atoms with van der Waals surface area (Å²) in [6, 6.07) is 20.1. The monoisotopic (exact) mass is 572 g/mol. The summed E-state index contributed by atoms with van der Waals surface area (Å²) in [6.45, 7) is 4.58. The minimum Gasteiger partial charge on any atom is -0.401 e. The largest absolute Gasteiger partial charge is 0.401 e. The molecule has 6 N–H and O–H groups in total. The van der Waals surface area contributed by atoms with Crippen molar-refractivity contribution >= 4 is 28.6 Å². The molecule has 1 saturated heterocycles. The van der Waals surface area contributed by atoms with Crippen LogP contribution in [0.4, 0.5) is 17.5 Å². The number of nitrogens with two attached hydrogens (primary N) is 2. The summed E-state index contributed by atoms with van der Waals surface area (Å²) in [5.74, 6) is 2.60. The number of nitrogens with zero attached hydrogens (tertiary/aromatic N) is 8. The van der Waals surface area contributed by atoms with Crippen molar-refractivity contribution in [3.05, 3.63) is 90.3 Å². The van der Waals surface area contributed by atoms with Crippen LogP contribution in [0.3, 0.4) is 0 Å². The number of hydrogen-bond donors (Lipinski definition) is 4. The predicted octanol–water partition coefficient (Wildman–Crippen LogP) is 4.03. The average molecular weight is 573 g/mol. The molecule has 0 atom stereocenters. The van der Waals surface area contributed by atoms with Crippen molar-refractivity contribution in [2.75, 3.05) is 29.5 Å². The number of aromatic nitrogens is 6. The molecule has 4 aromatic heterocycles. The lowest BCUT2D eigenvalue weighted by molar-refractivity contribution is 0.211. The van der Waals surface area contributed by atoms with Crippen molar-refractivity contribution in [3.8, 4) is 23.1 Å². The number of hydrogen-bond acceptors (Lipinski definition) is 11. The molecule has 12 nitrogen and oxygen atoms in total. The van der Waals surface area contributed by atoms with Gasteiger partial charge in [-0.25, -0.2) is 24.9 Å². The van der Waals surface area contributed by atoms with Crippen LogP contribution in [0.2, 0.25) is 0 Å². The maximum Gasteiger partial charge on any atom is 0.234 e. The molecule has 0 saturated carbocycles. The molecule has 0 spiro atoms. The average Bonchev–Trinajstić information content (AvgIpc) is 3.40. The first kappa shape index (κ1) is 27.6. The molecule has 0 aliphatic carbocycles. The van der Waals surface area contributed by atoms with Crippen LogP contribution in [-0.2, 0) is 6.54 Å². The first-order chi connectivity index (χ1) is 21.0. The zero-order chi connectivity index (χ0) is 29.8. The quantitative estimate of drug-likeness (QED) is 0.211.